The first-order chi connectivity index (χ1) is 8.69. The van der Waals surface area contributed by atoms with Crippen molar-refractivity contribution in [2.24, 2.45) is 12.8 Å². The summed E-state index contributed by atoms with van der Waals surface area (Å²) in [7, 11) is 1.94. The molecule has 18 heavy (non-hydrogen) atoms. The number of aryl methyl sites for hydroxylation is 1. The smallest absolute Gasteiger partial charge is 0.271 e. The molecule has 0 spiro atoms. The summed E-state index contributed by atoms with van der Waals surface area (Å²) < 4.78 is 3.74. The van der Waals surface area contributed by atoms with E-state index < -0.39 is 0 Å². The number of amides is 1. The summed E-state index contributed by atoms with van der Waals surface area (Å²) in [4.78, 5) is 15.9. The second-order valence-corrected chi connectivity index (χ2v) is 4.15. The van der Waals surface area contributed by atoms with Crippen LogP contribution < -0.4 is 11.1 Å². The molecule has 2 rings (SSSR count). The molecule has 0 saturated carbocycles. The Morgan fingerprint density at radius 1 is 1.50 bits per heavy atom. The van der Waals surface area contributed by atoms with Crippen LogP contribution in [0.25, 0.3) is 0 Å². The Morgan fingerprint density at radius 2 is 2.33 bits per heavy atom. The van der Waals surface area contributed by atoms with E-state index in [1.54, 1.807) is 17.1 Å². The van der Waals surface area contributed by atoms with E-state index in [0.717, 1.165) is 5.56 Å². The Morgan fingerprint density at radius 3 is 3.00 bits per heavy atom. The quantitative estimate of drug-likeness (QED) is 0.787. The molecular formula is C12H17N5O. The first-order valence-electron chi connectivity index (χ1n) is 5.80. The monoisotopic (exact) mass is 247 g/mol. The predicted molar refractivity (Wildman–Crippen MR) is 67.9 cm³/mol. The van der Waals surface area contributed by atoms with E-state index >= 15 is 0 Å². The normalized spacial score (nSPS) is 10.6. The maximum atomic E-state index is 11.8. The summed E-state index contributed by atoms with van der Waals surface area (Å²) >= 11 is 0. The van der Waals surface area contributed by atoms with Crippen LogP contribution in [-0.4, -0.2) is 26.6 Å². The molecular weight excluding hydrogens is 230 g/mol. The molecule has 0 saturated heterocycles. The minimum absolute atomic E-state index is 0.172. The molecule has 0 atom stereocenters. The standard InChI is InChI=1S/C12H17N5O/c1-16-4-2-10(7-16)6-14-12(18)11-8-17(5-3-13)9-15-11/h2,4,7-9H,3,5-6,13H2,1H3,(H,14,18). The van der Waals surface area contributed by atoms with Crippen LogP contribution in [0.4, 0.5) is 0 Å². The minimum Gasteiger partial charge on any atom is -0.357 e. The van der Waals surface area contributed by atoms with Crippen molar-refractivity contribution in [3.8, 4) is 0 Å². The third-order valence-corrected chi connectivity index (χ3v) is 2.60. The van der Waals surface area contributed by atoms with Gasteiger partial charge in [-0.2, -0.15) is 0 Å². The maximum Gasteiger partial charge on any atom is 0.271 e. The topological polar surface area (TPSA) is 77.9 Å². The van der Waals surface area contributed by atoms with Gasteiger partial charge in [-0.3, -0.25) is 4.79 Å². The Kier molecular flexibility index (Phi) is 3.78. The number of rotatable bonds is 5. The van der Waals surface area contributed by atoms with E-state index in [4.69, 9.17) is 5.73 Å². The molecule has 0 aromatic carbocycles. The van der Waals surface area contributed by atoms with Gasteiger partial charge in [0, 0.05) is 45.3 Å². The van der Waals surface area contributed by atoms with Crippen molar-refractivity contribution in [1.82, 2.24) is 19.4 Å². The fourth-order valence-electron chi connectivity index (χ4n) is 1.69. The molecule has 2 heterocycles. The van der Waals surface area contributed by atoms with Gasteiger partial charge in [0.2, 0.25) is 0 Å². The van der Waals surface area contributed by atoms with Crippen LogP contribution in [0.3, 0.4) is 0 Å². The number of nitrogens with two attached hydrogens (primary N) is 1. The van der Waals surface area contributed by atoms with Crippen molar-refractivity contribution in [3.63, 3.8) is 0 Å². The second kappa shape index (κ2) is 5.50. The zero-order chi connectivity index (χ0) is 13.0. The van der Waals surface area contributed by atoms with Crippen molar-refractivity contribution >= 4 is 5.91 Å². The third kappa shape index (κ3) is 2.98. The third-order valence-electron chi connectivity index (χ3n) is 2.60. The van der Waals surface area contributed by atoms with Crippen LogP contribution in [-0.2, 0) is 20.1 Å². The molecule has 0 radical (unpaired) electrons. The van der Waals surface area contributed by atoms with Gasteiger partial charge in [-0.25, -0.2) is 4.98 Å². The Bertz CT molecular complexity index is 528. The van der Waals surface area contributed by atoms with Gasteiger partial charge in [-0.15, -0.1) is 0 Å². The van der Waals surface area contributed by atoms with Crippen LogP contribution in [0.1, 0.15) is 16.1 Å². The van der Waals surface area contributed by atoms with E-state index in [0.29, 0.717) is 25.3 Å². The fourth-order valence-corrected chi connectivity index (χ4v) is 1.69. The van der Waals surface area contributed by atoms with Crippen molar-refractivity contribution in [1.29, 1.82) is 0 Å². The molecule has 3 N–H and O–H groups in total. The lowest BCUT2D eigenvalue weighted by molar-refractivity contribution is 0.0946. The highest BCUT2D eigenvalue weighted by Gasteiger charge is 2.08. The van der Waals surface area contributed by atoms with Crippen molar-refractivity contribution in [2.45, 2.75) is 13.1 Å². The average Bonchev–Trinajstić information content (AvgIpc) is 2.96. The Balaban J connectivity index is 1.90. The fraction of sp³-hybridized carbons (Fsp3) is 0.333. The molecule has 0 aliphatic heterocycles. The van der Waals surface area contributed by atoms with Crippen LogP contribution in [0.5, 0.6) is 0 Å². The number of hydrogen-bond acceptors (Lipinski definition) is 3. The highest BCUT2D eigenvalue weighted by Crippen LogP contribution is 2.00. The van der Waals surface area contributed by atoms with Gasteiger partial charge in [0.15, 0.2) is 0 Å². The number of nitrogens with one attached hydrogen (secondary N) is 1. The summed E-state index contributed by atoms with van der Waals surface area (Å²) in [5.74, 6) is -0.172. The molecule has 1 amide bonds. The van der Waals surface area contributed by atoms with E-state index in [9.17, 15) is 4.79 Å². The molecule has 6 heteroatoms. The summed E-state index contributed by atoms with van der Waals surface area (Å²) in [5.41, 5.74) is 6.91. The van der Waals surface area contributed by atoms with Gasteiger partial charge in [-0.1, -0.05) is 0 Å². The minimum atomic E-state index is -0.172. The number of carbonyl (C=O) groups excluding carboxylic acids is 1. The van der Waals surface area contributed by atoms with Crippen LogP contribution in [0, 0.1) is 0 Å². The zero-order valence-corrected chi connectivity index (χ0v) is 10.3. The van der Waals surface area contributed by atoms with E-state index in [1.807, 2.05) is 30.1 Å². The number of carbonyl (C=O) groups is 1. The molecule has 0 aliphatic rings. The number of hydrogen-bond donors (Lipinski definition) is 2. The first kappa shape index (κ1) is 12.4. The van der Waals surface area contributed by atoms with Gasteiger partial charge in [0.05, 0.1) is 6.33 Å². The molecule has 0 aliphatic carbocycles. The summed E-state index contributed by atoms with van der Waals surface area (Å²) in [6, 6.07) is 1.97. The lowest BCUT2D eigenvalue weighted by Crippen LogP contribution is -2.23. The largest absolute Gasteiger partial charge is 0.357 e. The van der Waals surface area contributed by atoms with Crippen LogP contribution in [0.15, 0.2) is 31.0 Å². The van der Waals surface area contributed by atoms with Crippen molar-refractivity contribution < 1.29 is 4.79 Å². The molecule has 0 bridgehead atoms. The van der Waals surface area contributed by atoms with Gasteiger partial charge in [0.1, 0.15) is 5.69 Å². The van der Waals surface area contributed by atoms with Crippen LogP contribution in [0.2, 0.25) is 0 Å². The highest BCUT2D eigenvalue weighted by molar-refractivity contribution is 5.91. The van der Waals surface area contributed by atoms with Crippen molar-refractivity contribution in [2.75, 3.05) is 6.54 Å². The van der Waals surface area contributed by atoms with Crippen molar-refractivity contribution in [3.05, 3.63) is 42.2 Å². The van der Waals surface area contributed by atoms with E-state index in [-0.39, 0.29) is 5.91 Å². The SMILES string of the molecule is Cn1ccc(CNC(=O)c2cn(CCN)cn2)c1. The first-order valence-corrected chi connectivity index (χ1v) is 5.80. The van der Waals surface area contributed by atoms with Crippen LogP contribution >= 0.6 is 0 Å². The predicted octanol–water partition coefficient (Wildman–Crippen LogP) is 0.110. The molecule has 0 fully saturated rings. The molecule has 96 valence electrons. The molecule has 0 unspecified atom stereocenters. The lowest BCUT2D eigenvalue weighted by Gasteiger charge is -2.01. The summed E-state index contributed by atoms with van der Waals surface area (Å²) in [6.45, 7) is 1.70. The Labute approximate surface area is 105 Å². The van der Waals surface area contributed by atoms with E-state index in [1.165, 1.54) is 0 Å². The molecule has 6 nitrogen and oxygen atoms in total. The number of imidazole rings is 1. The average molecular weight is 247 g/mol. The summed E-state index contributed by atoms with van der Waals surface area (Å²) in [5, 5.41) is 2.82. The lowest BCUT2D eigenvalue weighted by atomic mass is 10.3. The second-order valence-electron chi connectivity index (χ2n) is 4.15. The van der Waals surface area contributed by atoms with Gasteiger partial charge >= 0.3 is 0 Å². The zero-order valence-electron chi connectivity index (χ0n) is 10.3. The van der Waals surface area contributed by atoms with E-state index in [2.05, 4.69) is 10.3 Å². The molecule has 2 aromatic rings. The maximum absolute atomic E-state index is 11.8. The Hall–Kier alpha value is -2.08. The summed E-state index contributed by atoms with van der Waals surface area (Å²) in [6.07, 6.45) is 7.22. The van der Waals surface area contributed by atoms with Gasteiger partial charge in [0.25, 0.3) is 5.91 Å². The molecule has 2 aromatic heterocycles. The number of nitrogens with zero attached hydrogens (tertiary/aromatic N) is 3. The number of aromatic nitrogens is 3. The van der Waals surface area contributed by atoms with Gasteiger partial charge < -0.3 is 20.2 Å². The van der Waals surface area contributed by atoms with Gasteiger partial charge in [-0.05, 0) is 11.6 Å². The highest BCUT2D eigenvalue weighted by atomic mass is 16.1.